The van der Waals surface area contributed by atoms with Crippen molar-refractivity contribution in [3.8, 4) is 5.69 Å². The molecule has 1 aromatic carbocycles. The van der Waals surface area contributed by atoms with Crippen LogP contribution in [0.4, 0.5) is 0 Å². The van der Waals surface area contributed by atoms with Crippen molar-refractivity contribution < 1.29 is 4.79 Å². The Morgan fingerprint density at radius 3 is 2.70 bits per heavy atom. The van der Waals surface area contributed by atoms with Crippen LogP contribution in [0.2, 0.25) is 8.67 Å². The summed E-state index contributed by atoms with van der Waals surface area (Å²) in [5.74, 6) is -0.0291. The summed E-state index contributed by atoms with van der Waals surface area (Å²) in [6.07, 6.45) is 3.00. The van der Waals surface area contributed by atoms with Crippen LogP contribution in [0, 0.1) is 0 Å². The van der Waals surface area contributed by atoms with Gasteiger partial charge in [0.05, 0.1) is 21.2 Å². The Bertz CT molecular complexity index is 1340. The molecule has 0 amide bonds. The number of ketones is 1. The minimum Gasteiger partial charge on any atom is -0.293 e. The van der Waals surface area contributed by atoms with E-state index in [-0.39, 0.29) is 17.1 Å². The molecule has 4 aromatic rings. The van der Waals surface area contributed by atoms with E-state index in [2.05, 4.69) is 0 Å². The normalized spacial score (nSPS) is 13.1. The minimum absolute atomic E-state index is 0.0721. The highest BCUT2D eigenvalue weighted by atomic mass is 35.5. The van der Waals surface area contributed by atoms with Gasteiger partial charge >= 0.3 is 0 Å². The van der Waals surface area contributed by atoms with Gasteiger partial charge in [-0.2, -0.15) is 0 Å². The third-order valence-electron chi connectivity index (χ3n) is 5.01. The number of carbonyl (C=O) groups excluding carboxylic acids is 1. The SMILES string of the molecule is O=C(CSc1nc2sc3c(c2c(=O)n1-c1ccccc1)CCC3)c1cc(Cl)sc1Cl. The van der Waals surface area contributed by atoms with E-state index in [0.717, 1.165) is 40.7 Å². The quantitative estimate of drug-likeness (QED) is 0.187. The van der Waals surface area contributed by atoms with Gasteiger partial charge in [-0.3, -0.25) is 14.2 Å². The van der Waals surface area contributed by atoms with E-state index >= 15 is 0 Å². The molecule has 4 nitrogen and oxygen atoms in total. The second-order valence-electron chi connectivity index (χ2n) is 6.86. The molecule has 0 spiro atoms. The molecule has 0 saturated heterocycles. The fourth-order valence-corrected chi connectivity index (χ4v) is 7.36. The highest BCUT2D eigenvalue weighted by molar-refractivity contribution is 7.99. The van der Waals surface area contributed by atoms with Crippen molar-refractivity contribution in [2.45, 2.75) is 24.4 Å². The number of fused-ring (bicyclic) bond motifs is 3. The molecule has 0 N–H and O–H groups in total. The second kappa shape index (κ2) is 8.13. The molecular formula is C21H14Cl2N2O2S3. The molecular weight excluding hydrogens is 479 g/mol. The van der Waals surface area contributed by atoms with Crippen LogP contribution in [0.3, 0.4) is 0 Å². The lowest BCUT2D eigenvalue weighted by molar-refractivity contribution is 0.102. The summed E-state index contributed by atoms with van der Waals surface area (Å²) in [4.78, 5) is 33.0. The lowest BCUT2D eigenvalue weighted by atomic mass is 10.2. The number of halogens is 2. The zero-order valence-electron chi connectivity index (χ0n) is 15.5. The van der Waals surface area contributed by atoms with Gasteiger partial charge in [0.25, 0.3) is 5.56 Å². The molecule has 0 unspecified atom stereocenters. The highest BCUT2D eigenvalue weighted by Crippen LogP contribution is 2.37. The monoisotopic (exact) mass is 492 g/mol. The Morgan fingerprint density at radius 2 is 1.97 bits per heavy atom. The number of para-hydroxylation sites is 1. The van der Waals surface area contributed by atoms with Gasteiger partial charge in [-0.1, -0.05) is 53.2 Å². The van der Waals surface area contributed by atoms with Crippen LogP contribution in [-0.2, 0) is 12.8 Å². The number of benzene rings is 1. The minimum atomic E-state index is -0.143. The number of aryl methyl sites for hydroxylation is 2. The first-order valence-electron chi connectivity index (χ1n) is 9.26. The van der Waals surface area contributed by atoms with Crippen molar-refractivity contribution in [2.75, 3.05) is 5.75 Å². The van der Waals surface area contributed by atoms with Crippen molar-refractivity contribution >= 4 is 73.6 Å². The number of nitrogens with zero attached hydrogens (tertiary/aromatic N) is 2. The maximum absolute atomic E-state index is 13.5. The summed E-state index contributed by atoms with van der Waals surface area (Å²) in [7, 11) is 0. The summed E-state index contributed by atoms with van der Waals surface area (Å²) in [6.45, 7) is 0. The number of Topliss-reactive ketones (excluding diaryl/α,β-unsaturated/α-hetero) is 1. The molecule has 0 saturated carbocycles. The Morgan fingerprint density at radius 1 is 1.17 bits per heavy atom. The van der Waals surface area contributed by atoms with Crippen LogP contribution in [0.1, 0.15) is 27.2 Å². The van der Waals surface area contributed by atoms with Crippen molar-refractivity contribution in [2.24, 2.45) is 0 Å². The molecule has 3 heterocycles. The van der Waals surface area contributed by atoms with Crippen molar-refractivity contribution in [1.82, 2.24) is 9.55 Å². The molecule has 3 aromatic heterocycles. The molecule has 0 radical (unpaired) electrons. The molecule has 30 heavy (non-hydrogen) atoms. The lowest BCUT2D eigenvalue weighted by Gasteiger charge is -2.12. The zero-order chi connectivity index (χ0) is 20.8. The average molecular weight is 493 g/mol. The smallest absolute Gasteiger partial charge is 0.267 e. The molecule has 0 atom stereocenters. The van der Waals surface area contributed by atoms with Gasteiger partial charge in [-0.15, -0.1) is 22.7 Å². The third-order valence-corrected chi connectivity index (χ3v) is 8.62. The van der Waals surface area contributed by atoms with E-state index < -0.39 is 0 Å². The predicted octanol–water partition coefficient (Wildman–Crippen LogP) is 6.28. The molecule has 0 bridgehead atoms. The number of hydrogen-bond acceptors (Lipinski definition) is 6. The first kappa shape index (κ1) is 20.3. The Kier molecular flexibility index (Phi) is 5.49. The van der Waals surface area contributed by atoms with Gasteiger partial charge in [0.1, 0.15) is 9.17 Å². The number of aromatic nitrogens is 2. The van der Waals surface area contributed by atoms with E-state index in [1.807, 2.05) is 30.3 Å². The van der Waals surface area contributed by atoms with E-state index in [4.69, 9.17) is 28.2 Å². The summed E-state index contributed by atoms with van der Waals surface area (Å²) >= 11 is 16.1. The van der Waals surface area contributed by atoms with E-state index in [1.165, 1.54) is 28.0 Å². The van der Waals surface area contributed by atoms with Gasteiger partial charge < -0.3 is 0 Å². The zero-order valence-corrected chi connectivity index (χ0v) is 19.4. The molecule has 0 aliphatic heterocycles. The van der Waals surface area contributed by atoms with Gasteiger partial charge in [-0.05, 0) is 43.0 Å². The number of hydrogen-bond donors (Lipinski definition) is 0. The number of thioether (sulfide) groups is 1. The van der Waals surface area contributed by atoms with E-state index in [1.54, 1.807) is 22.0 Å². The van der Waals surface area contributed by atoms with Crippen LogP contribution < -0.4 is 5.56 Å². The number of rotatable bonds is 5. The van der Waals surface area contributed by atoms with Crippen LogP contribution in [-0.4, -0.2) is 21.1 Å². The summed E-state index contributed by atoms with van der Waals surface area (Å²) in [5.41, 5.74) is 2.21. The molecule has 5 rings (SSSR count). The molecule has 1 aliphatic rings. The van der Waals surface area contributed by atoms with Crippen LogP contribution in [0.5, 0.6) is 0 Å². The fraction of sp³-hybridized carbons (Fsp3) is 0.190. The molecule has 1 aliphatic carbocycles. The van der Waals surface area contributed by atoms with Crippen LogP contribution >= 0.6 is 57.6 Å². The molecule has 9 heteroatoms. The van der Waals surface area contributed by atoms with Crippen molar-refractivity contribution in [3.05, 3.63) is 71.4 Å². The largest absolute Gasteiger partial charge is 0.293 e. The Balaban J connectivity index is 1.59. The van der Waals surface area contributed by atoms with Gasteiger partial charge in [0.15, 0.2) is 10.9 Å². The van der Waals surface area contributed by atoms with E-state index in [0.29, 0.717) is 19.4 Å². The first-order valence-corrected chi connectivity index (χ1v) is 12.6. The van der Waals surface area contributed by atoms with Gasteiger partial charge in [0, 0.05) is 10.4 Å². The molecule has 0 fully saturated rings. The van der Waals surface area contributed by atoms with E-state index in [9.17, 15) is 9.59 Å². The first-order chi connectivity index (χ1) is 14.5. The average Bonchev–Trinajstić information content (AvgIpc) is 3.40. The highest BCUT2D eigenvalue weighted by Gasteiger charge is 2.24. The molecule has 152 valence electrons. The standard InChI is InChI=1S/C21H14Cl2N2O2S3/c22-16-9-13(18(23)30-16)14(26)10-28-21-24-19-17(12-7-4-8-15(12)29-19)20(27)25(21)11-5-2-1-3-6-11/h1-3,5-6,9H,4,7-8,10H2. The number of thiophene rings is 2. The second-order valence-corrected chi connectivity index (χ2v) is 11.2. The summed E-state index contributed by atoms with van der Waals surface area (Å²) < 4.78 is 2.47. The predicted molar refractivity (Wildman–Crippen MR) is 127 cm³/mol. The Hall–Kier alpha value is -1.64. The topological polar surface area (TPSA) is 52.0 Å². The third kappa shape index (κ3) is 3.52. The van der Waals surface area contributed by atoms with Crippen molar-refractivity contribution in [3.63, 3.8) is 0 Å². The van der Waals surface area contributed by atoms with Crippen molar-refractivity contribution in [1.29, 1.82) is 0 Å². The van der Waals surface area contributed by atoms with Crippen LogP contribution in [0.15, 0.2) is 46.3 Å². The maximum Gasteiger partial charge on any atom is 0.267 e. The number of carbonyl (C=O) groups is 1. The fourth-order valence-electron chi connectivity index (χ4n) is 3.66. The van der Waals surface area contributed by atoms with Gasteiger partial charge in [0.2, 0.25) is 0 Å². The van der Waals surface area contributed by atoms with Gasteiger partial charge in [-0.25, -0.2) is 4.98 Å². The van der Waals surface area contributed by atoms with Crippen LogP contribution in [0.25, 0.3) is 15.9 Å². The Labute approximate surface area is 194 Å². The lowest BCUT2D eigenvalue weighted by Crippen LogP contribution is -2.22. The summed E-state index contributed by atoms with van der Waals surface area (Å²) in [5, 5.41) is 1.23. The maximum atomic E-state index is 13.5. The summed E-state index contributed by atoms with van der Waals surface area (Å²) in [6, 6.07) is 11.0.